The highest BCUT2D eigenvalue weighted by molar-refractivity contribution is 6.32. The maximum absolute atomic E-state index is 9.39. The molecule has 0 aliphatic carbocycles. The first-order valence-electron chi connectivity index (χ1n) is 6.87. The van der Waals surface area contributed by atoms with Crippen molar-refractivity contribution < 1.29 is 9.84 Å². The van der Waals surface area contributed by atoms with Crippen molar-refractivity contribution in [2.24, 2.45) is 0 Å². The van der Waals surface area contributed by atoms with E-state index in [9.17, 15) is 5.11 Å². The summed E-state index contributed by atoms with van der Waals surface area (Å²) in [7, 11) is 0. The molecule has 0 saturated carbocycles. The average Bonchev–Trinajstić information content (AvgIpc) is 2.80. The Morgan fingerprint density at radius 1 is 1.29 bits per heavy atom. The fourth-order valence-corrected chi connectivity index (χ4v) is 2.68. The summed E-state index contributed by atoms with van der Waals surface area (Å²) >= 11 is 12.4. The van der Waals surface area contributed by atoms with Gasteiger partial charge >= 0.3 is 0 Å². The molecular formula is C15H18Cl2N2O2. The first-order valence-corrected chi connectivity index (χ1v) is 7.63. The van der Waals surface area contributed by atoms with Gasteiger partial charge in [0.05, 0.1) is 23.0 Å². The summed E-state index contributed by atoms with van der Waals surface area (Å²) in [4.78, 5) is 0. The molecule has 0 aliphatic heterocycles. The molecule has 0 amide bonds. The molecule has 0 radical (unpaired) electrons. The van der Waals surface area contributed by atoms with E-state index in [1.54, 1.807) is 18.2 Å². The molecule has 2 aromatic rings. The summed E-state index contributed by atoms with van der Waals surface area (Å²) in [6.45, 7) is 4.86. The summed E-state index contributed by atoms with van der Waals surface area (Å²) in [6, 6.07) is 5.28. The lowest BCUT2D eigenvalue weighted by molar-refractivity contribution is 0.255. The van der Waals surface area contributed by atoms with Gasteiger partial charge in [0.1, 0.15) is 12.4 Å². The second kappa shape index (κ2) is 7.16. The molecule has 0 aliphatic rings. The van der Waals surface area contributed by atoms with E-state index < -0.39 is 0 Å². The zero-order valence-electron chi connectivity index (χ0n) is 12.1. The molecule has 0 atom stereocenters. The lowest BCUT2D eigenvalue weighted by Crippen LogP contribution is -2.07. The lowest BCUT2D eigenvalue weighted by atomic mass is 10.2. The van der Waals surface area contributed by atoms with E-state index in [1.807, 2.05) is 18.5 Å². The third-order valence-electron chi connectivity index (χ3n) is 3.29. The second-order valence-corrected chi connectivity index (χ2v) is 5.33. The maximum Gasteiger partial charge on any atom is 0.131 e. The zero-order valence-corrected chi connectivity index (χ0v) is 13.6. The van der Waals surface area contributed by atoms with Crippen LogP contribution in [0.15, 0.2) is 18.2 Å². The number of hydrogen-bond donors (Lipinski definition) is 1. The van der Waals surface area contributed by atoms with E-state index in [-0.39, 0.29) is 13.2 Å². The molecule has 0 bridgehead atoms. The van der Waals surface area contributed by atoms with Gasteiger partial charge in [-0.3, -0.25) is 4.68 Å². The van der Waals surface area contributed by atoms with Crippen molar-refractivity contribution in [3.63, 3.8) is 0 Å². The monoisotopic (exact) mass is 328 g/mol. The normalized spacial score (nSPS) is 10.9. The number of aliphatic hydroxyl groups is 1. The van der Waals surface area contributed by atoms with Crippen LogP contribution in [0.1, 0.15) is 30.8 Å². The molecule has 6 heteroatoms. The van der Waals surface area contributed by atoms with Crippen LogP contribution in [0.4, 0.5) is 0 Å². The van der Waals surface area contributed by atoms with E-state index in [0.717, 1.165) is 24.4 Å². The number of aromatic nitrogens is 2. The predicted molar refractivity (Wildman–Crippen MR) is 84.0 cm³/mol. The summed E-state index contributed by atoms with van der Waals surface area (Å²) < 4.78 is 7.62. The number of benzene rings is 1. The quantitative estimate of drug-likeness (QED) is 0.876. The molecule has 0 spiro atoms. The van der Waals surface area contributed by atoms with Gasteiger partial charge in [0.15, 0.2) is 0 Å². The van der Waals surface area contributed by atoms with Gasteiger partial charge in [0.2, 0.25) is 0 Å². The van der Waals surface area contributed by atoms with Gasteiger partial charge in [-0.1, -0.05) is 36.2 Å². The fraction of sp³-hybridized carbons (Fsp3) is 0.400. The van der Waals surface area contributed by atoms with Crippen molar-refractivity contribution in [2.45, 2.75) is 40.0 Å². The zero-order chi connectivity index (χ0) is 15.4. The molecule has 21 heavy (non-hydrogen) atoms. The highest BCUT2D eigenvalue weighted by atomic mass is 35.5. The summed E-state index contributed by atoms with van der Waals surface area (Å²) in [5, 5.41) is 15.0. The number of rotatable bonds is 6. The minimum Gasteiger partial charge on any atom is -0.487 e. The predicted octanol–water partition coefficient (Wildman–Crippen LogP) is 3.84. The largest absolute Gasteiger partial charge is 0.487 e. The molecule has 2 rings (SSSR count). The molecule has 0 fully saturated rings. The minimum absolute atomic E-state index is 0.171. The molecule has 0 unspecified atom stereocenters. The Morgan fingerprint density at radius 3 is 2.67 bits per heavy atom. The SMILES string of the molecule is CCc1nn(CC)c(COc2cccc(Cl)c2CO)c1Cl. The number of nitrogens with zero attached hydrogens (tertiary/aromatic N) is 2. The van der Waals surface area contributed by atoms with Crippen LogP contribution in [-0.2, 0) is 26.2 Å². The summed E-state index contributed by atoms with van der Waals surface area (Å²) in [5.74, 6) is 0.558. The van der Waals surface area contributed by atoms with Gasteiger partial charge in [0, 0.05) is 17.1 Å². The molecular weight excluding hydrogens is 311 g/mol. The standard InChI is InChI=1S/C15H18Cl2N2O2/c1-3-12-15(17)13(19(4-2)18-12)9-21-14-7-5-6-11(16)10(14)8-20/h5-7,20H,3-4,8-9H2,1-2H3. The Balaban J connectivity index is 2.24. The van der Waals surface area contributed by atoms with E-state index in [1.165, 1.54) is 0 Å². The van der Waals surface area contributed by atoms with Crippen LogP contribution >= 0.6 is 23.2 Å². The lowest BCUT2D eigenvalue weighted by Gasteiger charge is -2.12. The van der Waals surface area contributed by atoms with Gasteiger partial charge < -0.3 is 9.84 Å². The van der Waals surface area contributed by atoms with Gasteiger partial charge in [-0.15, -0.1) is 0 Å². The number of hydrogen-bond acceptors (Lipinski definition) is 3. The van der Waals surface area contributed by atoms with Crippen molar-refractivity contribution in [3.05, 3.63) is 45.2 Å². The fourth-order valence-electron chi connectivity index (χ4n) is 2.13. The van der Waals surface area contributed by atoms with Crippen molar-refractivity contribution in [1.29, 1.82) is 0 Å². The first kappa shape index (κ1) is 16.1. The third-order valence-corrected chi connectivity index (χ3v) is 4.08. The highest BCUT2D eigenvalue weighted by Gasteiger charge is 2.16. The molecule has 114 valence electrons. The Morgan fingerprint density at radius 2 is 2.05 bits per heavy atom. The van der Waals surface area contributed by atoms with Crippen LogP contribution in [-0.4, -0.2) is 14.9 Å². The topological polar surface area (TPSA) is 47.3 Å². The van der Waals surface area contributed by atoms with Crippen LogP contribution < -0.4 is 4.74 Å². The smallest absolute Gasteiger partial charge is 0.131 e. The van der Waals surface area contributed by atoms with E-state index in [4.69, 9.17) is 27.9 Å². The highest BCUT2D eigenvalue weighted by Crippen LogP contribution is 2.28. The number of aliphatic hydroxyl groups excluding tert-OH is 1. The average molecular weight is 329 g/mol. The number of aryl methyl sites for hydroxylation is 2. The third kappa shape index (κ3) is 3.34. The Labute approximate surface area is 134 Å². The van der Waals surface area contributed by atoms with Crippen LogP contribution in [0.2, 0.25) is 10.0 Å². The Bertz CT molecular complexity index is 626. The van der Waals surface area contributed by atoms with Crippen LogP contribution in [0.25, 0.3) is 0 Å². The van der Waals surface area contributed by atoms with Crippen molar-refractivity contribution in [3.8, 4) is 5.75 Å². The molecule has 0 saturated heterocycles. The Kier molecular flexibility index (Phi) is 5.51. The van der Waals surface area contributed by atoms with Crippen molar-refractivity contribution in [2.75, 3.05) is 0 Å². The van der Waals surface area contributed by atoms with Crippen LogP contribution in [0.3, 0.4) is 0 Å². The van der Waals surface area contributed by atoms with E-state index in [0.29, 0.717) is 21.4 Å². The molecule has 1 aromatic heterocycles. The van der Waals surface area contributed by atoms with E-state index in [2.05, 4.69) is 5.10 Å². The molecule has 4 nitrogen and oxygen atoms in total. The number of halogens is 2. The summed E-state index contributed by atoms with van der Waals surface area (Å²) in [6.07, 6.45) is 0.776. The van der Waals surface area contributed by atoms with Crippen molar-refractivity contribution >= 4 is 23.2 Å². The van der Waals surface area contributed by atoms with E-state index >= 15 is 0 Å². The maximum atomic E-state index is 9.39. The minimum atomic E-state index is -0.171. The molecule has 1 heterocycles. The van der Waals surface area contributed by atoms with Crippen molar-refractivity contribution in [1.82, 2.24) is 9.78 Å². The van der Waals surface area contributed by atoms with Crippen LogP contribution in [0, 0.1) is 0 Å². The second-order valence-electron chi connectivity index (χ2n) is 4.54. The van der Waals surface area contributed by atoms with Gasteiger partial charge in [0.25, 0.3) is 0 Å². The van der Waals surface area contributed by atoms with Gasteiger partial charge in [-0.05, 0) is 25.5 Å². The first-order chi connectivity index (χ1) is 10.1. The molecule has 1 aromatic carbocycles. The van der Waals surface area contributed by atoms with Crippen LogP contribution in [0.5, 0.6) is 5.75 Å². The molecule has 1 N–H and O–H groups in total. The summed E-state index contributed by atoms with van der Waals surface area (Å²) in [5.41, 5.74) is 2.28. The Hall–Kier alpha value is -1.23. The number of ether oxygens (including phenoxy) is 1. The van der Waals surface area contributed by atoms with Gasteiger partial charge in [-0.25, -0.2) is 0 Å². The van der Waals surface area contributed by atoms with Gasteiger partial charge in [-0.2, -0.15) is 5.10 Å².